The molecule has 1 saturated heterocycles. The van der Waals surface area contributed by atoms with E-state index in [0.29, 0.717) is 10.1 Å². The van der Waals surface area contributed by atoms with Gasteiger partial charge in [-0.15, -0.1) is 0 Å². The predicted octanol–water partition coefficient (Wildman–Crippen LogP) is 8.42. The van der Waals surface area contributed by atoms with Gasteiger partial charge in [-0.3, -0.25) is 4.98 Å². The molecule has 0 bridgehead atoms. The summed E-state index contributed by atoms with van der Waals surface area (Å²) in [5.41, 5.74) is 7.55. The lowest BCUT2D eigenvalue weighted by atomic mass is 9.96. The fourth-order valence-corrected chi connectivity index (χ4v) is 6.00. The van der Waals surface area contributed by atoms with Gasteiger partial charge < -0.3 is 19.5 Å². The van der Waals surface area contributed by atoms with E-state index in [1.165, 1.54) is 11.1 Å². The molecule has 1 N–H and O–H groups in total. The summed E-state index contributed by atoms with van der Waals surface area (Å²) in [5.74, 6) is 1.57. The number of rotatable bonds is 6. The molecular weight excluding hydrogens is 536 g/mol. The molecular formula is C33H29ClN4OS. The molecule has 0 unspecified atom stereocenters. The molecule has 3 aromatic carbocycles. The van der Waals surface area contributed by atoms with E-state index in [-0.39, 0.29) is 12.1 Å². The number of thiocarbonyl (C=S) groups is 1. The van der Waals surface area contributed by atoms with E-state index >= 15 is 0 Å². The van der Waals surface area contributed by atoms with Gasteiger partial charge in [0.25, 0.3) is 0 Å². The lowest BCUT2D eigenvalue weighted by Crippen LogP contribution is -2.29. The van der Waals surface area contributed by atoms with Crippen LogP contribution in [0.5, 0.6) is 11.5 Å². The molecule has 3 heterocycles. The van der Waals surface area contributed by atoms with Crippen LogP contribution in [0.2, 0.25) is 5.02 Å². The minimum absolute atomic E-state index is 0.120. The van der Waals surface area contributed by atoms with Crippen molar-refractivity contribution in [2.75, 3.05) is 4.90 Å². The van der Waals surface area contributed by atoms with Crippen LogP contribution < -0.4 is 15.0 Å². The third-order valence-corrected chi connectivity index (χ3v) is 7.87. The molecule has 40 heavy (non-hydrogen) atoms. The third-order valence-electron chi connectivity index (χ3n) is 7.32. The minimum atomic E-state index is -0.134. The largest absolute Gasteiger partial charge is 0.457 e. The average Bonchev–Trinajstić information content (AvgIpc) is 3.45. The van der Waals surface area contributed by atoms with Crippen LogP contribution in [0.1, 0.15) is 40.3 Å². The SMILES string of the molecule is Cc1ccc(Oc2ccc(N3C(=S)N[C@H](c4ccccn4)[C@@H]3c3cc(C)n(-c4cccc(Cl)c4)c3C)cc2)cc1. The summed E-state index contributed by atoms with van der Waals surface area (Å²) in [6, 6.07) is 32.0. The lowest BCUT2D eigenvalue weighted by Gasteiger charge is -2.28. The summed E-state index contributed by atoms with van der Waals surface area (Å²) in [6.45, 7) is 6.33. The maximum Gasteiger partial charge on any atom is 0.174 e. The second kappa shape index (κ2) is 10.8. The Morgan fingerprint density at radius 1 is 0.825 bits per heavy atom. The summed E-state index contributed by atoms with van der Waals surface area (Å²) < 4.78 is 8.33. The Balaban J connectivity index is 1.41. The van der Waals surface area contributed by atoms with Gasteiger partial charge in [0.05, 0.1) is 17.8 Å². The van der Waals surface area contributed by atoms with Crippen LogP contribution in [0.25, 0.3) is 5.69 Å². The summed E-state index contributed by atoms with van der Waals surface area (Å²) in [6.07, 6.45) is 1.83. The number of halogens is 1. The Morgan fingerprint density at radius 3 is 2.23 bits per heavy atom. The van der Waals surface area contributed by atoms with E-state index in [0.717, 1.165) is 40.0 Å². The van der Waals surface area contributed by atoms with Crippen molar-refractivity contribution in [3.05, 3.63) is 136 Å². The standard InChI is InChI=1S/C33H29ClN4OS/c1-21-10-14-27(15-11-21)39-28-16-12-25(13-17-28)38-32(31(36-33(38)40)30-9-4-5-18-35-30)29-19-22(2)37(23(29)3)26-8-6-7-24(34)20-26/h4-20,31-32H,1-3H3,(H,36,40)/t31-,32+/m1/s1. The highest BCUT2D eigenvalue weighted by atomic mass is 35.5. The number of nitrogens with one attached hydrogen (secondary N) is 1. The second-order valence-electron chi connectivity index (χ2n) is 10.0. The van der Waals surface area contributed by atoms with Crippen molar-refractivity contribution in [1.29, 1.82) is 0 Å². The van der Waals surface area contributed by atoms with Crippen molar-refractivity contribution in [3.8, 4) is 17.2 Å². The van der Waals surface area contributed by atoms with Gasteiger partial charge in [0, 0.05) is 34.0 Å². The molecule has 0 saturated carbocycles. The van der Waals surface area contributed by atoms with Crippen molar-refractivity contribution in [3.63, 3.8) is 0 Å². The maximum atomic E-state index is 6.36. The van der Waals surface area contributed by atoms with E-state index in [9.17, 15) is 0 Å². The number of aryl methyl sites for hydroxylation is 2. The van der Waals surface area contributed by atoms with Crippen LogP contribution in [0.15, 0.2) is 103 Å². The quantitative estimate of drug-likeness (QED) is 0.210. The monoisotopic (exact) mass is 564 g/mol. The van der Waals surface area contributed by atoms with Gasteiger partial charge >= 0.3 is 0 Å². The van der Waals surface area contributed by atoms with Crippen LogP contribution in [0.4, 0.5) is 5.69 Å². The number of anilines is 1. The Hall–Kier alpha value is -4.13. The van der Waals surface area contributed by atoms with E-state index in [2.05, 4.69) is 59.8 Å². The highest BCUT2D eigenvalue weighted by Crippen LogP contribution is 2.44. The van der Waals surface area contributed by atoms with Crippen LogP contribution in [0.3, 0.4) is 0 Å². The Morgan fingerprint density at radius 2 is 1.55 bits per heavy atom. The Bertz CT molecular complexity index is 1670. The molecule has 7 heteroatoms. The van der Waals surface area contributed by atoms with Crippen LogP contribution in [0, 0.1) is 20.8 Å². The molecule has 0 amide bonds. The molecule has 1 aliphatic heterocycles. The molecule has 200 valence electrons. The third kappa shape index (κ3) is 4.96. The number of hydrogen-bond acceptors (Lipinski definition) is 3. The zero-order chi connectivity index (χ0) is 27.8. The first-order valence-corrected chi connectivity index (χ1v) is 14.0. The minimum Gasteiger partial charge on any atom is -0.457 e. The fourth-order valence-electron chi connectivity index (χ4n) is 5.47. The highest BCUT2D eigenvalue weighted by molar-refractivity contribution is 7.80. The summed E-state index contributed by atoms with van der Waals surface area (Å²) >= 11 is 12.3. The number of aromatic nitrogens is 2. The van der Waals surface area contributed by atoms with Crippen LogP contribution in [-0.4, -0.2) is 14.7 Å². The normalized spacial score (nSPS) is 16.7. The molecule has 2 aromatic heterocycles. The molecule has 1 fully saturated rings. The summed E-state index contributed by atoms with van der Waals surface area (Å²) in [5, 5.41) is 4.92. The van der Waals surface area contributed by atoms with Gasteiger partial charge in [0.1, 0.15) is 11.5 Å². The smallest absolute Gasteiger partial charge is 0.174 e. The van der Waals surface area contributed by atoms with E-state index in [4.69, 9.17) is 33.5 Å². The Labute approximate surface area is 245 Å². The molecule has 5 aromatic rings. The first-order valence-electron chi connectivity index (χ1n) is 13.2. The molecule has 0 aliphatic carbocycles. The van der Waals surface area contributed by atoms with Crippen LogP contribution in [-0.2, 0) is 0 Å². The summed E-state index contributed by atoms with van der Waals surface area (Å²) in [7, 11) is 0. The molecule has 2 atom stereocenters. The number of benzene rings is 3. The van der Waals surface area contributed by atoms with Crippen molar-refractivity contribution >= 4 is 34.6 Å². The van der Waals surface area contributed by atoms with E-state index in [1.54, 1.807) is 0 Å². The number of nitrogens with zero attached hydrogens (tertiary/aromatic N) is 3. The van der Waals surface area contributed by atoms with E-state index in [1.807, 2.05) is 79.0 Å². The number of hydrogen-bond donors (Lipinski definition) is 1. The topological polar surface area (TPSA) is 42.3 Å². The van der Waals surface area contributed by atoms with Crippen molar-refractivity contribution in [2.45, 2.75) is 32.9 Å². The van der Waals surface area contributed by atoms with Gasteiger partial charge in [0.2, 0.25) is 0 Å². The first kappa shape index (κ1) is 26.1. The maximum absolute atomic E-state index is 6.36. The number of pyridine rings is 1. The molecule has 0 spiro atoms. The van der Waals surface area contributed by atoms with Crippen molar-refractivity contribution < 1.29 is 4.74 Å². The van der Waals surface area contributed by atoms with Crippen molar-refractivity contribution in [1.82, 2.24) is 14.9 Å². The second-order valence-corrected chi connectivity index (χ2v) is 10.9. The summed E-state index contributed by atoms with van der Waals surface area (Å²) in [4.78, 5) is 6.89. The van der Waals surface area contributed by atoms with Gasteiger partial charge in [-0.05, 0) is 111 Å². The highest BCUT2D eigenvalue weighted by Gasteiger charge is 2.42. The Kier molecular flexibility index (Phi) is 7.05. The van der Waals surface area contributed by atoms with Gasteiger partial charge in [0.15, 0.2) is 5.11 Å². The molecule has 1 aliphatic rings. The molecule has 0 radical (unpaired) electrons. The zero-order valence-corrected chi connectivity index (χ0v) is 24.1. The average molecular weight is 565 g/mol. The molecule has 5 nitrogen and oxygen atoms in total. The predicted molar refractivity (Wildman–Crippen MR) is 166 cm³/mol. The van der Waals surface area contributed by atoms with Gasteiger partial charge in [-0.1, -0.05) is 41.4 Å². The van der Waals surface area contributed by atoms with Gasteiger partial charge in [-0.2, -0.15) is 0 Å². The van der Waals surface area contributed by atoms with Crippen LogP contribution >= 0.6 is 23.8 Å². The van der Waals surface area contributed by atoms with Gasteiger partial charge in [-0.25, -0.2) is 0 Å². The van der Waals surface area contributed by atoms with E-state index < -0.39 is 0 Å². The van der Waals surface area contributed by atoms with Crippen molar-refractivity contribution in [2.24, 2.45) is 0 Å². The first-order chi connectivity index (χ1) is 19.4. The fraction of sp³-hybridized carbons (Fsp3) is 0.152. The number of ether oxygens (including phenoxy) is 1. The zero-order valence-electron chi connectivity index (χ0n) is 22.5. The lowest BCUT2D eigenvalue weighted by molar-refractivity contribution is 0.482. The molecule has 6 rings (SSSR count).